The summed E-state index contributed by atoms with van der Waals surface area (Å²) in [4.78, 5) is 0. The molecule has 264 valence electrons. The van der Waals surface area contributed by atoms with Crippen LogP contribution in [0.15, 0.2) is 96.1 Å². The fourth-order valence-corrected chi connectivity index (χ4v) is 33.2. The Morgan fingerprint density at radius 1 is 0.520 bits per heavy atom. The van der Waals surface area contributed by atoms with Gasteiger partial charge in [-0.3, -0.25) is 0 Å². The molecule has 7 rings (SSSR count). The Morgan fingerprint density at radius 3 is 1.16 bits per heavy atom. The van der Waals surface area contributed by atoms with Crippen molar-refractivity contribution in [3.8, 4) is 22.3 Å². The Hall–Kier alpha value is -2.19. The van der Waals surface area contributed by atoms with Crippen LogP contribution in [-0.4, -0.2) is 0 Å². The first kappa shape index (κ1) is 39.0. The number of halogens is 2. The van der Waals surface area contributed by atoms with E-state index in [0.29, 0.717) is 19.2 Å². The summed E-state index contributed by atoms with van der Waals surface area (Å²) in [6, 6.07) is 33.4. The standard InChI is InChI=1S/2C22H25.C3H6.2ClH.Hf/c2*1-15(2)16-9-11-17(12-10-16)20-8-6-7-18-13-19(14-21(18)20)22(3,4)5;1-3-2;;;/h2*6-15H,1-5H3;1-3H2;2*1H;. The third-order valence-corrected chi connectivity index (χ3v) is 34.0. The minimum absolute atomic E-state index is 0. The van der Waals surface area contributed by atoms with Gasteiger partial charge in [-0.05, 0) is 0 Å². The first-order valence-corrected chi connectivity index (χ1v) is 27.8. The second-order valence-electron chi connectivity index (χ2n) is 17.8. The van der Waals surface area contributed by atoms with E-state index in [9.17, 15) is 0 Å². The van der Waals surface area contributed by atoms with Crippen LogP contribution in [0.25, 0.3) is 34.4 Å². The van der Waals surface area contributed by atoms with Gasteiger partial charge in [-0.15, -0.1) is 24.8 Å². The van der Waals surface area contributed by atoms with E-state index in [0.717, 1.165) is 0 Å². The molecule has 2 unspecified atom stereocenters. The van der Waals surface area contributed by atoms with Crippen molar-refractivity contribution in [3.63, 3.8) is 0 Å². The molecule has 0 spiro atoms. The Kier molecular flexibility index (Phi) is 11.2. The summed E-state index contributed by atoms with van der Waals surface area (Å²) in [6.45, 7) is 24.1. The first-order chi connectivity index (χ1) is 22.7. The average Bonchev–Trinajstić information content (AvgIpc) is 3.62. The van der Waals surface area contributed by atoms with Crippen molar-refractivity contribution in [2.24, 2.45) is 10.8 Å². The molecule has 2 aliphatic carbocycles. The smallest absolute Gasteiger partial charge is 0.147 e. The monoisotopic (exact) mass is 872 g/mol. The molecule has 4 aromatic carbocycles. The van der Waals surface area contributed by atoms with Gasteiger partial charge in [-0.1, -0.05) is 0 Å². The van der Waals surface area contributed by atoms with Gasteiger partial charge in [0.15, 0.2) is 0 Å². The Balaban J connectivity index is 0.00000243. The van der Waals surface area contributed by atoms with E-state index in [2.05, 4.69) is 166 Å². The van der Waals surface area contributed by atoms with Crippen LogP contribution >= 0.6 is 24.8 Å². The molecule has 3 aliphatic rings. The third kappa shape index (κ3) is 6.63. The maximum atomic E-state index is 2.68. The molecule has 3 heteroatoms. The molecule has 0 aromatic heterocycles. The van der Waals surface area contributed by atoms with Crippen LogP contribution < -0.4 is 0 Å². The molecular formula is C47H58Cl2Hf. The van der Waals surface area contributed by atoms with E-state index in [1.165, 1.54) is 59.3 Å². The molecule has 1 saturated heterocycles. The minimum Gasteiger partial charge on any atom is -0.147 e. The van der Waals surface area contributed by atoms with E-state index < -0.39 is 20.0 Å². The van der Waals surface area contributed by atoms with Crippen molar-refractivity contribution in [1.29, 1.82) is 0 Å². The van der Waals surface area contributed by atoms with Crippen LogP contribution in [0.1, 0.15) is 128 Å². The predicted molar refractivity (Wildman–Crippen MR) is 221 cm³/mol. The Morgan fingerprint density at radius 2 is 0.880 bits per heavy atom. The van der Waals surface area contributed by atoms with E-state index in [4.69, 9.17) is 0 Å². The summed E-state index contributed by atoms with van der Waals surface area (Å²) in [7, 11) is 0. The second-order valence-corrected chi connectivity index (χ2v) is 34.4. The zero-order valence-electron chi connectivity index (χ0n) is 32.0. The minimum atomic E-state index is -3.22. The molecule has 2 atom stereocenters. The molecule has 0 radical (unpaired) electrons. The van der Waals surface area contributed by atoms with E-state index >= 15 is 0 Å². The molecule has 0 bridgehead atoms. The topological polar surface area (TPSA) is 0 Å². The number of hydrogen-bond acceptors (Lipinski definition) is 0. The average molecular weight is 872 g/mol. The molecule has 1 heterocycles. The molecule has 1 aliphatic heterocycles. The summed E-state index contributed by atoms with van der Waals surface area (Å²) < 4.78 is 4.21. The van der Waals surface area contributed by atoms with Gasteiger partial charge in [-0.2, -0.15) is 0 Å². The zero-order chi connectivity index (χ0) is 34.2. The maximum Gasteiger partial charge on any atom is -0.147 e. The number of rotatable bonds is 6. The van der Waals surface area contributed by atoms with Crippen molar-refractivity contribution in [2.75, 3.05) is 0 Å². The van der Waals surface area contributed by atoms with Gasteiger partial charge >= 0.3 is 298 Å². The van der Waals surface area contributed by atoms with Crippen molar-refractivity contribution in [1.82, 2.24) is 0 Å². The third-order valence-electron chi connectivity index (χ3n) is 12.1. The van der Waals surface area contributed by atoms with Crippen molar-refractivity contribution < 1.29 is 20.0 Å². The first-order valence-electron chi connectivity index (χ1n) is 18.6. The quantitative estimate of drug-likeness (QED) is 0.169. The van der Waals surface area contributed by atoms with Crippen LogP contribution in [0.2, 0.25) is 8.35 Å². The fraction of sp³-hybridized carbons (Fsp3) is 0.404. The SMILES string of the molecule is CC(C)c1ccc(-c2cccc3c2C=C(C(C)(C)C)[CH]3[Hf]2([CH]3C(C(C)(C)C)=Cc4c(-c5ccc(C(C)C)cc5)cccc43)[CH2]C[CH2]2)cc1.Cl.Cl. The summed E-state index contributed by atoms with van der Waals surface area (Å²) in [6.07, 6.45) is 6.75. The van der Waals surface area contributed by atoms with Crippen molar-refractivity contribution >= 4 is 37.0 Å². The van der Waals surface area contributed by atoms with Crippen molar-refractivity contribution in [3.05, 3.63) is 129 Å². The zero-order valence-corrected chi connectivity index (χ0v) is 37.2. The van der Waals surface area contributed by atoms with Crippen molar-refractivity contribution in [2.45, 2.75) is 103 Å². The Labute approximate surface area is 320 Å². The molecule has 4 aromatic rings. The molecule has 0 saturated carbocycles. The second kappa shape index (κ2) is 14.3. The summed E-state index contributed by atoms with van der Waals surface area (Å²) in [5.41, 5.74) is 18.4. The number of benzene rings is 4. The van der Waals surface area contributed by atoms with Gasteiger partial charge in [0, 0.05) is 0 Å². The van der Waals surface area contributed by atoms with Crippen LogP contribution in [0, 0.1) is 10.8 Å². The summed E-state index contributed by atoms with van der Waals surface area (Å²) >= 11 is -3.22. The van der Waals surface area contributed by atoms with Gasteiger partial charge in [0.05, 0.1) is 0 Å². The number of allylic oxidation sites excluding steroid dienone is 2. The van der Waals surface area contributed by atoms with E-state index in [1.807, 2.05) is 0 Å². The van der Waals surface area contributed by atoms with Crippen LogP contribution in [-0.2, 0) is 20.0 Å². The largest absolute Gasteiger partial charge is 0.147 e. The maximum absolute atomic E-state index is 3.22. The number of fused-ring (bicyclic) bond motifs is 2. The van der Waals surface area contributed by atoms with Gasteiger partial charge in [0.1, 0.15) is 0 Å². The van der Waals surface area contributed by atoms with Gasteiger partial charge in [-0.25, -0.2) is 0 Å². The van der Waals surface area contributed by atoms with E-state index in [-0.39, 0.29) is 35.6 Å². The summed E-state index contributed by atoms with van der Waals surface area (Å²) in [5.74, 6) is 1.09. The molecule has 0 nitrogen and oxygen atoms in total. The van der Waals surface area contributed by atoms with E-state index in [1.54, 1.807) is 22.3 Å². The number of hydrogen-bond donors (Lipinski definition) is 0. The summed E-state index contributed by atoms with van der Waals surface area (Å²) in [5, 5.41) is 0. The predicted octanol–water partition coefficient (Wildman–Crippen LogP) is 15.2. The molecule has 0 N–H and O–H groups in total. The molecule has 0 amide bonds. The molecule has 1 fully saturated rings. The van der Waals surface area contributed by atoms with Gasteiger partial charge < -0.3 is 0 Å². The van der Waals surface area contributed by atoms with Gasteiger partial charge in [0.2, 0.25) is 0 Å². The van der Waals surface area contributed by atoms with Crippen LogP contribution in [0.4, 0.5) is 0 Å². The normalized spacial score (nSPS) is 19.2. The Bertz CT molecular complexity index is 1770. The van der Waals surface area contributed by atoms with Crippen LogP contribution in [0.3, 0.4) is 0 Å². The fourth-order valence-electron chi connectivity index (χ4n) is 9.27. The van der Waals surface area contributed by atoms with Crippen LogP contribution in [0.5, 0.6) is 0 Å². The molecular weight excluding hydrogens is 814 g/mol. The van der Waals surface area contributed by atoms with Gasteiger partial charge in [0.25, 0.3) is 0 Å². The molecule has 50 heavy (non-hydrogen) atoms.